The molecular formula is C6H12NS. The van der Waals surface area contributed by atoms with Gasteiger partial charge in [-0.1, -0.05) is 12.8 Å². The van der Waals surface area contributed by atoms with Crippen LogP contribution in [0.1, 0.15) is 25.7 Å². The van der Waals surface area contributed by atoms with E-state index in [0.29, 0.717) is 0 Å². The highest BCUT2D eigenvalue weighted by Gasteiger charge is 2.17. The van der Waals surface area contributed by atoms with E-state index in [9.17, 15) is 0 Å². The standard InChI is InChI=1S/C6H12NS/c7-5-3-1-2-4-6(5)8/h5,8H,1-4,7H2. The molecule has 0 bridgehead atoms. The van der Waals surface area contributed by atoms with Crippen molar-refractivity contribution in [2.24, 2.45) is 5.73 Å². The van der Waals surface area contributed by atoms with Crippen molar-refractivity contribution < 1.29 is 0 Å². The monoisotopic (exact) mass is 130 g/mol. The molecule has 0 aromatic heterocycles. The highest BCUT2D eigenvalue weighted by atomic mass is 32.1. The molecule has 2 N–H and O–H groups in total. The van der Waals surface area contributed by atoms with Gasteiger partial charge in [0.1, 0.15) is 0 Å². The van der Waals surface area contributed by atoms with E-state index in [1.54, 1.807) is 0 Å². The molecule has 47 valence electrons. The van der Waals surface area contributed by atoms with Gasteiger partial charge in [0.15, 0.2) is 0 Å². The first-order valence-corrected chi connectivity index (χ1v) is 3.55. The fraction of sp³-hybridized carbons (Fsp3) is 0.833. The molecule has 0 heterocycles. The third-order valence-corrected chi connectivity index (χ3v) is 2.18. The Morgan fingerprint density at radius 2 is 2.25 bits per heavy atom. The average Bonchev–Trinajstić information content (AvgIpc) is 1.77. The van der Waals surface area contributed by atoms with Gasteiger partial charge in [-0.3, -0.25) is 0 Å². The summed E-state index contributed by atoms with van der Waals surface area (Å²) in [5.41, 5.74) is 5.66. The molecule has 2 heteroatoms. The van der Waals surface area contributed by atoms with E-state index in [2.05, 4.69) is 12.6 Å². The third-order valence-electron chi connectivity index (χ3n) is 1.63. The molecule has 1 unspecified atom stereocenters. The van der Waals surface area contributed by atoms with Gasteiger partial charge in [-0.05, 0) is 12.8 Å². The van der Waals surface area contributed by atoms with Crippen LogP contribution in [0.25, 0.3) is 0 Å². The molecule has 0 aromatic carbocycles. The Hall–Kier alpha value is 0.310. The van der Waals surface area contributed by atoms with Crippen molar-refractivity contribution in [3.63, 3.8) is 0 Å². The van der Waals surface area contributed by atoms with Crippen LogP contribution < -0.4 is 5.73 Å². The molecule has 1 nitrogen and oxygen atoms in total. The first kappa shape index (κ1) is 6.43. The van der Waals surface area contributed by atoms with Crippen molar-refractivity contribution in [2.75, 3.05) is 0 Å². The third kappa shape index (κ3) is 1.39. The second-order valence-corrected chi connectivity index (χ2v) is 2.92. The molecule has 1 atom stereocenters. The maximum Gasteiger partial charge on any atom is 0.0439 e. The van der Waals surface area contributed by atoms with E-state index in [4.69, 9.17) is 5.73 Å². The van der Waals surface area contributed by atoms with Crippen LogP contribution in [0.5, 0.6) is 0 Å². The van der Waals surface area contributed by atoms with Gasteiger partial charge in [0.2, 0.25) is 0 Å². The fourth-order valence-electron chi connectivity index (χ4n) is 1.02. The molecule has 0 spiro atoms. The summed E-state index contributed by atoms with van der Waals surface area (Å²) in [5.74, 6) is 0. The van der Waals surface area contributed by atoms with Gasteiger partial charge in [-0.25, -0.2) is 0 Å². The Kier molecular flexibility index (Phi) is 2.20. The molecule has 8 heavy (non-hydrogen) atoms. The quantitative estimate of drug-likeness (QED) is 0.476. The largest absolute Gasteiger partial charge is 0.326 e. The summed E-state index contributed by atoms with van der Waals surface area (Å²) in [6.45, 7) is 0. The molecule has 1 fully saturated rings. The highest BCUT2D eigenvalue weighted by Crippen LogP contribution is 2.26. The van der Waals surface area contributed by atoms with Gasteiger partial charge in [-0.15, -0.1) is 0 Å². The molecular weight excluding hydrogens is 118 g/mol. The molecule has 0 aromatic rings. The van der Waals surface area contributed by atoms with Crippen LogP contribution in [0.4, 0.5) is 0 Å². The second-order valence-electron chi connectivity index (χ2n) is 2.34. The first-order chi connectivity index (χ1) is 3.80. The summed E-state index contributed by atoms with van der Waals surface area (Å²) in [4.78, 5) is 0. The summed E-state index contributed by atoms with van der Waals surface area (Å²) < 4.78 is 0. The maximum absolute atomic E-state index is 5.66. The molecule has 0 amide bonds. The lowest BCUT2D eigenvalue weighted by molar-refractivity contribution is 0.517. The van der Waals surface area contributed by atoms with Gasteiger partial charge in [0.05, 0.1) is 0 Å². The van der Waals surface area contributed by atoms with E-state index in [1.807, 2.05) is 0 Å². The molecule has 1 saturated carbocycles. The van der Waals surface area contributed by atoms with Crippen LogP contribution in [0, 0.1) is 5.25 Å². The Morgan fingerprint density at radius 3 is 2.62 bits per heavy atom. The Morgan fingerprint density at radius 1 is 1.50 bits per heavy atom. The fourth-order valence-corrected chi connectivity index (χ4v) is 1.31. The SMILES string of the molecule is NC1CCCC[C]1S. The number of nitrogens with two attached hydrogens (primary N) is 1. The lowest BCUT2D eigenvalue weighted by atomic mass is 9.96. The van der Waals surface area contributed by atoms with Crippen LogP contribution in [-0.2, 0) is 0 Å². The van der Waals surface area contributed by atoms with Gasteiger partial charge in [0, 0.05) is 11.3 Å². The molecule has 1 rings (SSSR count). The Bertz CT molecular complexity index is 64.9. The summed E-state index contributed by atoms with van der Waals surface area (Å²) in [6.07, 6.45) is 4.83. The average molecular weight is 130 g/mol. The molecule has 0 aliphatic heterocycles. The van der Waals surface area contributed by atoms with Crippen molar-refractivity contribution in [2.45, 2.75) is 31.7 Å². The molecule has 1 radical (unpaired) electrons. The number of rotatable bonds is 0. The number of hydrogen-bond acceptors (Lipinski definition) is 2. The topological polar surface area (TPSA) is 26.0 Å². The first-order valence-electron chi connectivity index (χ1n) is 3.11. The normalized spacial score (nSPS) is 33.0. The second kappa shape index (κ2) is 2.74. The summed E-state index contributed by atoms with van der Waals surface area (Å²) in [5, 5.41) is 1.19. The van der Waals surface area contributed by atoms with Crippen LogP contribution in [0.2, 0.25) is 0 Å². The van der Waals surface area contributed by atoms with Crippen LogP contribution >= 0.6 is 12.6 Å². The zero-order valence-electron chi connectivity index (χ0n) is 4.93. The van der Waals surface area contributed by atoms with Gasteiger partial charge < -0.3 is 5.73 Å². The Balaban J connectivity index is 2.28. The van der Waals surface area contributed by atoms with Gasteiger partial charge >= 0.3 is 0 Å². The molecule has 1 aliphatic carbocycles. The van der Waals surface area contributed by atoms with E-state index in [-0.39, 0.29) is 6.04 Å². The highest BCUT2D eigenvalue weighted by molar-refractivity contribution is 7.83. The summed E-state index contributed by atoms with van der Waals surface area (Å²) in [7, 11) is 0. The summed E-state index contributed by atoms with van der Waals surface area (Å²) >= 11 is 4.25. The molecule has 0 saturated heterocycles. The van der Waals surface area contributed by atoms with Gasteiger partial charge in [-0.2, -0.15) is 12.6 Å². The van der Waals surface area contributed by atoms with Crippen molar-refractivity contribution in [3.05, 3.63) is 5.25 Å². The summed E-state index contributed by atoms with van der Waals surface area (Å²) in [6, 6.07) is 0.284. The molecule has 1 aliphatic rings. The van der Waals surface area contributed by atoms with E-state index in [1.165, 1.54) is 18.1 Å². The van der Waals surface area contributed by atoms with E-state index < -0.39 is 0 Å². The van der Waals surface area contributed by atoms with E-state index >= 15 is 0 Å². The zero-order valence-corrected chi connectivity index (χ0v) is 5.82. The minimum absolute atomic E-state index is 0.284. The predicted octanol–water partition coefficient (Wildman–Crippen LogP) is 1.35. The van der Waals surface area contributed by atoms with Crippen molar-refractivity contribution in [1.29, 1.82) is 0 Å². The van der Waals surface area contributed by atoms with E-state index in [0.717, 1.165) is 12.8 Å². The predicted molar refractivity (Wildman–Crippen MR) is 38.7 cm³/mol. The zero-order chi connectivity index (χ0) is 5.98. The smallest absolute Gasteiger partial charge is 0.0439 e. The lowest BCUT2D eigenvalue weighted by Crippen LogP contribution is -2.28. The minimum atomic E-state index is 0.284. The minimum Gasteiger partial charge on any atom is -0.326 e. The lowest BCUT2D eigenvalue weighted by Gasteiger charge is -2.22. The van der Waals surface area contributed by atoms with Crippen LogP contribution in [0.15, 0.2) is 0 Å². The Labute approximate surface area is 56.1 Å². The van der Waals surface area contributed by atoms with Crippen LogP contribution in [0.3, 0.4) is 0 Å². The van der Waals surface area contributed by atoms with Gasteiger partial charge in [0.25, 0.3) is 0 Å². The number of hydrogen-bond donors (Lipinski definition) is 2. The number of thiol groups is 1. The maximum atomic E-state index is 5.66. The van der Waals surface area contributed by atoms with Crippen molar-refractivity contribution in [1.82, 2.24) is 0 Å². The van der Waals surface area contributed by atoms with Crippen molar-refractivity contribution in [3.8, 4) is 0 Å². The van der Waals surface area contributed by atoms with Crippen LogP contribution in [-0.4, -0.2) is 6.04 Å². The van der Waals surface area contributed by atoms with Crippen molar-refractivity contribution >= 4 is 12.6 Å².